The molecule has 0 atom stereocenters. The third-order valence-corrected chi connectivity index (χ3v) is 6.24. The number of nitrogens with zero attached hydrogens (tertiary/aromatic N) is 1. The van der Waals surface area contributed by atoms with Crippen LogP contribution in [0, 0.1) is 0 Å². The average molecular weight is 412 g/mol. The topological polar surface area (TPSA) is 61.4 Å². The molecule has 1 heterocycles. The zero-order valence-electron chi connectivity index (χ0n) is 15.2. The van der Waals surface area contributed by atoms with Gasteiger partial charge in [-0.3, -0.25) is 4.90 Å². The monoisotopic (exact) mass is 411 g/mol. The van der Waals surface area contributed by atoms with Crippen molar-refractivity contribution in [2.75, 3.05) is 39.3 Å². The van der Waals surface area contributed by atoms with Crippen molar-refractivity contribution in [3.63, 3.8) is 0 Å². The molecule has 1 saturated heterocycles. The lowest BCUT2D eigenvalue weighted by Gasteiger charge is -2.27. The van der Waals surface area contributed by atoms with Gasteiger partial charge >= 0.3 is 0 Å². The Hall–Kier alpha value is -0.370. The minimum absolute atomic E-state index is 0. The summed E-state index contributed by atoms with van der Waals surface area (Å²) in [5, 5.41) is 3.29. The Morgan fingerprint density at radius 2 is 1.68 bits per heavy atom. The quantitative estimate of drug-likeness (QED) is 0.722. The molecule has 2 N–H and O–H groups in total. The van der Waals surface area contributed by atoms with Gasteiger partial charge in [0.05, 0.1) is 4.90 Å². The Morgan fingerprint density at radius 1 is 1.12 bits per heavy atom. The molecule has 8 heteroatoms. The first-order chi connectivity index (χ1) is 10.8. The Bertz CT molecular complexity index is 601. The fourth-order valence-corrected chi connectivity index (χ4v) is 3.67. The molecule has 0 amide bonds. The van der Waals surface area contributed by atoms with Crippen LogP contribution < -0.4 is 10.0 Å². The predicted octanol–water partition coefficient (Wildman–Crippen LogP) is 2.40. The molecule has 1 fully saturated rings. The summed E-state index contributed by atoms with van der Waals surface area (Å²) in [6.45, 7) is 11.6. The Morgan fingerprint density at radius 3 is 2.20 bits per heavy atom. The summed E-state index contributed by atoms with van der Waals surface area (Å²) in [5.74, 6) is 0. The number of hydrogen-bond donors (Lipinski definition) is 2. The van der Waals surface area contributed by atoms with Gasteiger partial charge in [-0.25, -0.2) is 13.1 Å². The zero-order chi connectivity index (χ0) is 16.9. The van der Waals surface area contributed by atoms with Gasteiger partial charge in [0.15, 0.2) is 0 Å². The smallest absolute Gasteiger partial charge is 0.240 e. The lowest BCUT2D eigenvalue weighted by atomic mass is 9.82. The summed E-state index contributed by atoms with van der Waals surface area (Å²) in [6.07, 6.45) is 1.02. The van der Waals surface area contributed by atoms with Crippen LogP contribution >= 0.6 is 24.8 Å². The number of nitrogens with one attached hydrogen (secondary N) is 2. The van der Waals surface area contributed by atoms with Gasteiger partial charge in [-0.05, 0) is 29.5 Å². The minimum atomic E-state index is -3.42. The third kappa shape index (κ3) is 7.04. The molecule has 0 spiro atoms. The molecule has 0 aromatic heterocycles. The summed E-state index contributed by atoms with van der Waals surface area (Å²) in [7, 11) is -3.42. The maximum Gasteiger partial charge on any atom is 0.240 e. The zero-order valence-corrected chi connectivity index (χ0v) is 17.7. The maximum absolute atomic E-state index is 12.4. The Kier molecular flexibility index (Phi) is 10.5. The van der Waals surface area contributed by atoms with E-state index in [1.165, 1.54) is 5.56 Å². The highest BCUT2D eigenvalue weighted by molar-refractivity contribution is 7.89. The second kappa shape index (κ2) is 10.7. The first-order valence-electron chi connectivity index (χ1n) is 8.38. The van der Waals surface area contributed by atoms with Crippen molar-refractivity contribution >= 4 is 34.8 Å². The summed E-state index contributed by atoms with van der Waals surface area (Å²) in [4.78, 5) is 2.61. The molecule has 146 valence electrons. The molecule has 5 nitrogen and oxygen atoms in total. The molecule has 0 saturated carbocycles. The standard InChI is InChI=1S/C17H29N3O2S.2ClH/c1-4-17(2,3)15-5-7-16(8-6-15)23(21,22)19-11-14-20-12-9-18-10-13-20;;/h5-8,18-19H,4,9-14H2,1-3H3;2*1H. The van der Waals surface area contributed by atoms with Gasteiger partial charge in [0.25, 0.3) is 0 Å². The molecular weight excluding hydrogens is 381 g/mol. The molecular formula is C17H31Cl2N3O2S. The van der Waals surface area contributed by atoms with E-state index in [1.807, 2.05) is 12.1 Å². The van der Waals surface area contributed by atoms with Crippen LogP contribution in [0.1, 0.15) is 32.8 Å². The number of halogens is 2. The minimum Gasteiger partial charge on any atom is -0.314 e. The molecule has 1 aromatic carbocycles. The SMILES string of the molecule is CCC(C)(C)c1ccc(S(=O)(=O)NCCN2CCNCC2)cc1.Cl.Cl. The second-order valence-electron chi connectivity index (χ2n) is 6.75. The van der Waals surface area contributed by atoms with Crippen LogP contribution in [0.3, 0.4) is 0 Å². The van der Waals surface area contributed by atoms with E-state index in [4.69, 9.17) is 0 Å². The maximum atomic E-state index is 12.4. The lowest BCUT2D eigenvalue weighted by Crippen LogP contribution is -2.46. The molecule has 0 aliphatic carbocycles. The van der Waals surface area contributed by atoms with Crippen LogP contribution in [0.25, 0.3) is 0 Å². The van der Waals surface area contributed by atoms with Gasteiger partial charge in [0.1, 0.15) is 0 Å². The van der Waals surface area contributed by atoms with Crippen LogP contribution in [0.2, 0.25) is 0 Å². The molecule has 0 bridgehead atoms. The van der Waals surface area contributed by atoms with Crippen molar-refractivity contribution in [3.05, 3.63) is 29.8 Å². The van der Waals surface area contributed by atoms with Crippen LogP contribution in [0.5, 0.6) is 0 Å². The first kappa shape index (κ1) is 24.6. The number of rotatable bonds is 7. The van der Waals surface area contributed by atoms with Crippen molar-refractivity contribution in [3.8, 4) is 0 Å². The summed E-state index contributed by atoms with van der Waals surface area (Å²) in [6, 6.07) is 7.27. The van der Waals surface area contributed by atoms with Gasteiger partial charge in [-0.15, -0.1) is 24.8 Å². The van der Waals surface area contributed by atoms with E-state index in [-0.39, 0.29) is 30.2 Å². The normalized spacial score (nSPS) is 16.0. The molecule has 25 heavy (non-hydrogen) atoms. The highest BCUT2D eigenvalue weighted by Crippen LogP contribution is 2.27. The van der Waals surface area contributed by atoms with Gasteiger partial charge in [-0.1, -0.05) is 32.9 Å². The van der Waals surface area contributed by atoms with E-state index in [0.717, 1.165) is 39.1 Å². The molecule has 1 aliphatic rings. The number of piperazine rings is 1. The Balaban J connectivity index is 0.00000288. The summed E-state index contributed by atoms with van der Waals surface area (Å²) < 4.78 is 27.4. The van der Waals surface area contributed by atoms with E-state index in [9.17, 15) is 8.42 Å². The second-order valence-corrected chi connectivity index (χ2v) is 8.52. The third-order valence-electron chi connectivity index (χ3n) is 4.76. The van der Waals surface area contributed by atoms with E-state index in [1.54, 1.807) is 12.1 Å². The van der Waals surface area contributed by atoms with E-state index < -0.39 is 10.0 Å². The lowest BCUT2D eigenvalue weighted by molar-refractivity contribution is 0.245. The molecule has 1 aliphatic heterocycles. The molecule has 1 aromatic rings. The fraction of sp³-hybridized carbons (Fsp3) is 0.647. The predicted molar refractivity (Wildman–Crippen MR) is 109 cm³/mol. The highest BCUT2D eigenvalue weighted by atomic mass is 35.5. The largest absolute Gasteiger partial charge is 0.314 e. The Labute approximate surface area is 164 Å². The molecule has 0 unspecified atom stereocenters. The molecule has 2 rings (SSSR count). The summed E-state index contributed by atoms with van der Waals surface area (Å²) in [5.41, 5.74) is 1.23. The highest BCUT2D eigenvalue weighted by Gasteiger charge is 2.20. The van der Waals surface area contributed by atoms with Crippen molar-refractivity contribution in [1.29, 1.82) is 0 Å². The fourth-order valence-electron chi connectivity index (χ4n) is 2.65. The van der Waals surface area contributed by atoms with E-state index in [2.05, 4.69) is 35.7 Å². The van der Waals surface area contributed by atoms with Crippen molar-refractivity contribution < 1.29 is 8.42 Å². The van der Waals surface area contributed by atoms with Gasteiger partial charge < -0.3 is 5.32 Å². The van der Waals surface area contributed by atoms with Crippen LogP contribution in [0.4, 0.5) is 0 Å². The van der Waals surface area contributed by atoms with Gasteiger partial charge in [0, 0.05) is 39.3 Å². The van der Waals surface area contributed by atoms with Crippen molar-refractivity contribution in [2.24, 2.45) is 0 Å². The van der Waals surface area contributed by atoms with Crippen molar-refractivity contribution in [1.82, 2.24) is 14.9 Å². The van der Waals surface area contributed by atoms with Crippen LogP contribution in [-0.4, -0.2) is 52.6 Å². The summed E-state index contributed by atoms with van der Waals surface area (Å²) >= 11 is 0. The van der Waals surface area contributed by atoms with Crippen molar-refractivity contribution in [2.45, 2.75) is 37.5 Å². The molecule has 0 radical (unpaired) electrons. The number of hydrogen-bond acceptors (Lipinski definition) is 4. The van der Waals surface area contributed by atoms with Gasteiger partial charge in [0.2, 0.25) is 10.0 Å². The average Bonchev–Trinajstić information content (AvgIpc) is 2.56. The van der Waals surface area contributed by atoms with Crippen LogP contribution in [-0.2, 0) is 15.4 Å². The number of sulfonamides is 1. The number of benzene rings is 1. The first-order valence-corrected chi connectivity index (χ1v) is 9.87. The van der Waals surface area contributed by atoms with E-state index in [0.29, 0.717) is 11.4 Å². The van der Waals surface area contributed by atoms with E-state index >= 15 is 0 Å². The van der Waals surface area contributed by atoms with Crippen LogP contribution in [0.15, 0.2) is 29.2 Å². The van der Waals surface area contributed by atoms with Gasteiger partial charge in [-0.2, -0.15) is 0 Å².